The number of nitrogens with two attached hydrogens (primary N) is 1. The zero-order valence-electron chi connectivity index (χ0n) is 6.55. The van der Waals surface area contributed by atoms with E-state index in [-0.39, 0.29) is 24.3 Å². The number of halogens is 3. The van der Waals surface area contributed by atoms with Crippen molar-refractivity contribution in [3.8, 4) is 0 Å². The number of rotatable bonds is 1. The van der Waals surface area contributed by atoms with E-state index < -0.39 is 0 Å². The van der Waals surface area contributed by atoms with E-state index in [0.717, 1.165) is 4.47 Å². The van der Waals surface area contributed by atoms with Gasteiger partial charge < -0.3 is 5.73 Å². The maximum Gasteiger partial charge on any atom is 0.129 e. The molecule has 4 heteroatoms. The van der Waals surface area contributed by atoms with E-state index in [9.17, 15) is 4.39 Å². The Morgan fingerprint density at radius 1 is 1.50 bits per heavy atom. The molecule has 0 aromatic heterocycles. The second-order valence-corrected chi connectivity index (χ2v) is 3.37. The van der Waals surface area contributed by atoms with Gasteiger partial charge in [0.1, 0.15) is 5.82 Å². The van der Waals surface area contributed by atoms with Crippen molar-refractivity contribution in [2.45, 2.75) is 13.0 Å². The fourth-order valence-electron chi connectivity index (χ4n) is 0.871. The summed E-state index contributed by atoms with van der Waals surface area (Å²) in [5, 5.41) is 0. The van der Waals surface area contributed by atoms with Crippen LogP contribution in [-0.2, 0) is 0 Å². The maximum absolute atomic E-state index is 13.0. The van der Waals surface area contributed by atoms with E-state index in [1.165, 1.54) is 6.07 Å². The summed E-state index contributed by atoms with van der Waals surface area (Å²) in [5.41, 5.74) is 6.06. The molecule has 0 spiro atoms. The molecule has 0 saturated heterocycles. The van der Waals surface area contributed by atoms with E-state index in [2.05, 4.69) is 15.9 Å². The lowest BCUT2D eigenvalue weighted by molar-refractivity contribution is 0.593. The molecule has 1 rings (SSSR count). The molecule has 0 radical (unpaired) electrons. The van der Waals surface area contributed by atoms with Crippen molar-refractivity contribution in [1.82, 2.24) is 0 Å². The summed E-state index contributed by atoms with van der Waals surface area (Å²) >= 11 is 3.16. The third-order valence-corrected chi connectivity index (χ3v) is 1.95. The van der Waals surface area contributed by atoms with E-state index in [0.29, 0.717) is 5.56 Å². The second kappa shape index (κ2) is 4.80. The van der Waals surface area contributed by atoms with Gasteiger partial charge in [-0.2, -0.15) is 0 Å². The third kappa shape index (κ3) is 2.73. The van der Waals surface area contributed by atoms with Crippen LogP contribution in [0.5, 0.6) is 0 Å². The minimum Gasteiger partial charge on any atom is -0.324 e. The van der Waals surface area contributed by atoms with E-state index in [1.807, 2.05) is 0 Å². The first-order valence-electron chi connectivity index (χ1n) is 3.32. The van der Waals surface area contributed by atoms with Crippen LogP contribution in [0.4, 0.5) is 4.39 Å². The topological polar surface area (TPSA) is 26.0 Å². The molecule has 1 aromatic rings. The van der Waals surface area contributed by atoms with Gasteiger partial charge in [0.15, 0.2) is 0 Å². The van der Waals surface area contributed by atoms with Crippen molar-refractivity contribution in [1.29, 1.82) is 0 Å². The lowest BCUT2D eigenvalue weighted by Crippen LogP contribution is -2.06. The van der Waals surface area contributed by atoms with Crippen LogP contribution in [0, 0.1) is 5.82 Å². The van der Waals surface area contributed by atoms with Gasteiger partial charge in [-0.1, -0.05) is 22.0 Å². The minimum atomic E-state index is -0.255. The highest BCUT2D eigenvalue weighted by molar-refractivity contribution is 9.10. The molecular formula is C8H10BrClFN. The molecule has 1 atom stereocenters. The molecule has 0 unspecified atom stereocenters. The summed E-state index contributed by atoms with van der Waals surface area (Å²) in [7, 11) is 0. The van der Waals surface area contributed by atoms with Crippen LogP contribution in [0.3, 0.4) is 0 Å². The monoisotopic (exact) mass is 253 g/mol. The summed E-state index contributed by atoms with van der Waals surface area (Å²) in [5.74, 6) is -0.255. The van der Waals surface area contributed by atoms with Gasteiger partial charge in [0, 0.05) is 16.1 Å². The van der Waals surface area contributed by atoms with Crippen LogP contribution in [-0.4, -0.2) is 0 Å². The van der Waals surface area contributed by atoms with Crippen LogP contribution >= 0.6 is 28.3 Å². The first kappa shape index (κ1) is 11.9. The Bertz CT molecular complexity index is 265. The highest BCUT2D eigenvalue weighted by atomic mass is 79.9. The SMILES string of the molecule is C[C@@H](N)c1ccc(Br)cc1F.Cl. The van der Waals surface area contributed by atoms with Gasteiger partial charge in [-0.25, -0.2) is 4.39 Å². The molecule has 0 fully saturated rings. The summed E-state index contributed by atoms with van der Waals surface area (Å²) in [6.07, 6.45) is 0. The van der Waals surface area contributed by atoms with Gasteiger partial charge in [0.05, 0.1) is 0 Å². The van der Waals surface area contributed by atoms with Crippen molar-refractivity contribution in [2.75, 3.05) is 0 Å². The van der Waals surface area contributed by atoms with Gasteiger partial charge in [0.2, 0.25) is 0 Å². The molecular weight excluding hydrogens is 244 g/mol. The van der Waals surface area contributed by atoms with Gasteiger partial charge in [-0.05, 0) is 19.1 Å². The fraction of sp³-hybridized carbons (Fsp3) is 0.250. The average Bonchev–Trinajstić information content (AvgIpc) is 1.85. The molecule has 2 N–H and O–H groups in total. The van der Waals surface area contributed by atoms with Crippen molar-refractivity contribution in [3.63, 3.8) is 0 Å². The van der Waals surface area contributed by atoms with E-state index in [4.69, 9.17) is 5.73 Å². The van der Waals surface area contributed by atoms with Crippen LogP contribution < -0.4 is 5.73 Å². The predicted molar refractivity (Wildman–Crippen MR) is 54.0 cm³/mol. The summed E-state index contributed by atoms with van der Waals surface area (Å²) in [4.78, 5) is 0. The molecule has 0 aliphatic rings. The molecule has 0 aliphatic carbocycles. The van der Waals surface area contributed by atoms with Gasteiger partial charge in [-0.3, -0.25) is 0 Å². The Morgan fingerprint density at radius 3 is 2.50 bits per heavy atom. The van der Waals surface area contributed by atoms with Crippen molar-refractivity contribution >= 4 is 28.3 Å². The van der Waals surface area contributed by atoms with E-state index in [1.54, 1.807) is 19.1 Å². The molecule has 1 nitrogen and oxygen atoms in total. The lowest BCUT2D eigenvalue weighted by Gasteiger charge is -2.06. The Labute approximate surface area is 85.7 Å². The molecule has 0 amide bonds. The zero-order valence-corrected chi connectivity index (χ0v) is 8.95. The summed E-state index contributed by atoms with van der Waals surface area (Å²) in [6, 6.07) is 4.63. The van der Waals surface area contributed by atoms with Gasteiger partial charge in [-0.15, -0.1) is 12.4 Å². The Balaban J connectivity index is 0.00000121. The van der Waals surface area contributed by atoms with Gasteiger partial charge in [0.25, 0.3) is 0 Å². The fourth-order valence-corrected chi connectivity index (χ4v) is 1.20. The maximum atomic E-state index is 13.0. The molecule has 0 bridgehead atoms. The minimum absolute atomic E-state index is 0. The Kier molecular flexibility index (Phi) is 4.75. The standard InChI is InChI=1S/C8H9BrFN.ClH/c1-5(11)7-3-2-6(9)4-8(7)10;/h2-5H,11H2,1H3;1H/t5-;/m1./s1. The Hall–Kier alpha value is -0.120. The largest absolute Gasteiger partial charge is 0.324 e. The summed E-state index contributed by atoms with van der Waals surface area (Å²) < 4.78 is 13.7. The lowest BCUT2D eigenvalue weighted by atomic mass is 10.1. The average molecular weight is 255 g/mol. The van der Waals surface area contributed by atoms with Crippen LogP contribution in [0.1, 0.15) is 18.5 Å². The molecule has 12 heavy (non-hydrogen) atoms. The molecule has 68 valence electrons. The zero-order chi connectivity index (χ0) is 8.43. The Morgan fingerprint density at radius 2 is 2.08 bits per heavy atom. The summed E-state index contributed by atoms with van der Waals surface area (Å²) in [6.45, 7) is 1.76. The normalized spacial score (nSPS) is 12.0. The van der Waals surface area contributed by atoms with E-state index >= 15 is 0 Å². The van der Waals surface area contributed by atoms with Gasteiger partial charge >= 0.3 is 0 Å². The molecule has 0 saturated carbocycles. The first-order chi connectivity index (χ1) is 5.11. The third-order valence-electron chi connectivity index (χ3n) is 1.45. The van der Waals surface area contributed by atoms with Crippen LogP contribution in [0.25, 0.3) is 0 Å². The van der Waals surface area contributed by atoms with Crippen molar-refractivity contribution in [2.24, 2.45) is 5.73 Å². The number of hydrogen-bond donors (Lipinski definition) is 1. The quantitative estimate of drug-likeness (QED) is 0.819. The smallest absolute Gasteiger partial charge is 0.129 e. The highest BCUT2D eigenvalue weighted by Gasteiger charge is 2.05. The number of hydrogen-bond acceptors (Lipinski definition) is 1. The molecule has 1 aromatic carbocycles. The first-order valence-corrected chi connectivity index (χ1v) is 4.11. The molecule has 0 aliphatic heterocycles. The van der Waals surface area contributed by atoms with Crippen LogP contribution in [0.15, 0.2) is 22.7 Å². The van der Waals surface area contributed by atoms with Crippen molar-refractivity contribution in [3.05, 3.63) is 34.1 Å². The highest BCUT2D eigenvalue weighted by Crippen LogP contribution is 2.18. The predicted octanol–water partition coefficient (Wildman–Crippen LogP) is 3.03. The number of benzene rings is 1. The van der Waals surface area contributed by atoms with Crippen molar-refractivity contribution < 1.29 is 4.39 Å². The molecule has 0 heterocycles. The van der Waals surface area contributed by atoms with Crippen LogP contribution in [0.2, 0.25) is 0 Å². The second-order valence-electron chi connectivity index (χ2n) is 2.45.